The van der Waals surface area contributed by atoms with Crippen LogP contribution in [0.4, 0.5) is 13.2 Å². The predicted octanol–water partition coefficient (Wildman–Crippen LogP) is 3.35. The van der Waals surface area contributed by atoms with Crippen LogP contribution < -0.4 is 4.74 Å². The standard InChI is InChI=1S/C15H19ClF3NO2/c16-12-2-1-3-13(10-12)22-9-8-20-6-4-11(5-7-20)14(21)15(17,18)19/h1-3,10-11,14,21H,4-9H2. The Hall–Kier alpha value is -0.980. The Morgan fingerprint density at radius 1 is 1.32 bits per heavy atom. The summed E-state index contributed by atoms with van der Waals surface area (Å²) in [5.41, 5.74) is 0. The lowest BCUT2D eigenvalue weighted by Gasteiger charge is -2.34. The molecule has 1 unspecified atom stereocenters. The van der Waals surface area contributed by atoms with E-state index in [2.05, 4.69) is 0 Å². The molecule has 1 N–H and O–H groups in total. The number of hydrogen-bond donors (Lipinski definition) is 1. The lowest BCUT2D eigenvalue weighted by atomic mass is 9.91. The third kappa shape index (κ3) is 5.04. The van der Waals surface area contributed by atoms with Crippen molar-refractivity contribution >= 4 is 11.6 Å². The topological polar surface area (TPSA) is 32.7 Å². The van der Waals surface area contributed by atoms with Crippen LogP contribution in [0.2, 0.25) is 5.02 Å². The Balaban J connectivity index is 1.69. The fourth-order valence-corrected chi connectivity index (χ4v) is 2.79. The molecule has 1 aromatic rings. The molecule has 1 heterocycles. The van der Waals surface area contributed by atoms with E-state index in [0.29, 0.717) is 49.9 Å². The molecule has 1 aromatic carbocycles. The molecule has 3 nitrogen and oxygen atoms in total. The van der Waals surface area contributed by atoms with Gasteiger partial charge in [0.15, 0.2) is 6.10 Å². The van der Waals surface area contributed by atoms with Gasteiger partial charge in [0, 0.05) is 11.6 Å². The highest BCUT2D eigenvalue weighted by molar-refractivity contribution is 6.30. The van der Waals surface area contributed by atoms with E-state index in [4.69, 9.17) is 16.3 Å². The van der Waals surface area contributed by atoms with Crippen molar-refractivity contribution in [3.8, 4) is 5.75 Å². The third-order valence-corrected chi connectivity index (χ3v) is 4.12. The van der Waals surface area contributed by atoms with Crippen molar-refractivity contribution in [2.45, 2.75) is 25.1 Å². The van der Waals surface area contributed by atoms with Crippen LogP contribution in [0.25, 0.3) is 0 Å². The molecule has 1 atom stereocenters. The number of rotatable bonds is 5. The number of ether oxygens (including phenoxy) is 1. The van der Waals surface area contributed by atoms with E-state index >= 15 is 0 Å². The van der Waals surface area contributed by atoms with Crippen molar-refractivity contribution in [1.29, 1.82) is 0 Å². The zero-order valence-electron chi connectivity index (χ0n) is 12.0. The van der Waals surface area contributed by atoms with Crippen LogP contribution in [-0.2, 0) is 0 Å². The first-order chi connectivity index (χ1) is 10.4. The van der Waals surface area contributed by atoms with Crippen LogP contribution in [0, 0.1) is 5.92 Å². The summed E-state index contributed by atoms with van der Waals surface area (Å²) < 4.78 is 42.9. The Morgan fingerprint density at radius 2 is 2.00 bits per heavy atom. The summed E-state index contributed by atoms with van der Waals surface area (Å²) in [6.07, 6.45) is -6.05. The highest BCUT2D eigenvalue weighted by Crippen LogP contribution is 2.31. The summed E-state index contributed by atoms with van der Waals surface area (Å²) in [5, 5.41) is 9.86. The van der Waals surface area contributed by atoms with Crippen molar-refractivity contribution in [3.63, 3.8) is 0 Å². The molecule has 0 saturated carbocycles. The zero-order valence-corrected chi connectivity index (χ0v) is 12.8. The van der Waals surface area contributed by atoms with Gasteiger partial charge in [0.1, 0.15) is 12.4 Å². The van der Waals surface area contributed by atoms with Crippen molar-refractivity contribution in [1.82, 2.24) is 4.90 Å². The maximum absolute atomic E-state index is 12.5. The van der Waals surface area contributed by atoms with Gasteiger partial charge in [0.25, 0.3) is 0 Å². The Morgan fingerprint density at radius 3 is 2.59 bits per heavy atom. The molecule has 0 aromatic heterocycles. The van der Waals surface area contributed by atoms with Crippen LogP contribution in [0.15, 0.2) is 24.3 Å². The lowest BCUT2D eigenvalue weighted by molar-refractivity contribution is -0.223. The number of alkyl halides is 3. The van der Waals surface area contributed by atoms with E-state index in [1.54, 1.807) is 24.3 Å². The summed E-state index contributed by atoms with van der Waals surface area (Å²) in [5.74, 6) is -0.0278. The maximum Gasteiger partial charge on any atom is 0.414 e. The van der Waals surface area contributed by atoms with E-state index in [1.165, 1.54) is 0 Å². The van der Waals surface area contributed by atoms with Crippen LogP contribution in [0.1, 0.15) is 12.8 Å². The van der Waals surface area contributed by atoms with E-state index in [9.17, 15) is 18.3 Å². The van der Waals surface area contributed by atoms with Gasteiger partial charge >= 0.3 is 6.18 Å². The first kappa shape index (κ1) is 17.4. The normalized spacial score (nSPS) is 19.1. The second-order valence-corrected chi connectivity index (χ2v) is 5.91. The zero-order chi connectivity index (χ0) is 16.2. The number of piperidine rings is 1. The fraction of sp³-hybridized carbons (Fsp3) is 0.600. The molecule has 1 aliphatic heterocycles. The number of likely N-dealkylation sites (tertiary alicyclic amines) is 1. The number of benzene rings is 1. The summed E-state index contributed by atoms with van der Waals surface area (Å²) in [4.78, 5) is 2.05. The highest BCUT2D eigenvalue weighted by Gasteiger charge is 2.44. The average molecular weight is 338 g/mol. The molecular formula is C15H19ClF3NO2. The highest BCUT2D eigenvalue weighted by atomic mass is 35.5. The molecule has 0 aliphatic carbocycles. The SMILES string of the molecule is OC(C1CCN(CCOc2cccc(Cl)c2)CC1)C(F)(F)F. The molecule has 0 radical (unpaired) electrons. The predicted molar refractivity (Wildman–Crippen MR) is 78.2 cm³/mol. The smallest absolute Gasteiger partial charge is 0.414 e. The van der Waals surface area contributed by atoms with Crippen LogP contribution >= 0.6 is 11.6 Å². The van der Waals surface area contributed by atoms with Gasteiger partial charge in [0.05, 0.1) is 0 Å². The van der Waals surface area contributed by atoms with Gasteiger partial charge in [-0.15, -0.1) is 0 Å². The van der Waals surface area contributed by atoms with Gasteiger partial charge in [-0.1, -0.05) is 17.7 Å². The summed E-state index contributed by atoms with van der Waals surface area (Å²) in [7, 11) is 0. The monoisotopic (exact) mass is 337 g/mol. The second-order valence-electron chi connectivity index (χ2n) is 5.47. The maximum atomic E-state index is 12.5. The van der Waals surface area contributed by atoms with Crippen molar-refractivity contribution < 1.29 is 23.0 Å². The number of nitrogens with zero attached hydrogens (tertiary/aromatic N) is 1. The van der Waals surface area contributed by atoms with Crippen LogP contribution in [0.3, 0.4) is 0 Å². The quantitative estimate of drug-likeness (QED) is 0.894. The van der Waals surface area contributed by atoms with E-state index in [-0.39, 0.29) is 0 Å². The molecule has 22 heavy (non-hydrogen) atoms. The first-order valence-corrected chi connectivity index (χ1v) is 7.59. The molecule has 7 heteroatoms. The molecule has 1 fully saturated rings. The molecule has 0 spiro atoms. The summed E-state index contributed by atoms with van der Waals surface area (Å²) >= 11 is 5.85. The first-order valence-electron chi connectivity index (χ1n) is 7.22. The second kappa shape index (κ2) is 7.53. The summed E-state index contributed by atoms with van der Waals surface area (Å²) in [6.45, 7) is 2.17. The molecule has 0 bridgehead atoms. The van der Waals surface area contributed by atoms with E-state index in [1.807, 2.05) is 4.90 Å². The number of aliphatic hydroxyl groups is 1. The van der Waals surface area contributed by atoms with Gasteiger partial charge in [-0.3, -0.25) is 4.90 Å². The molecule has 124 valence electrons. The minimum atomic E-state index is -4.53. The van der Waals surface area contributed by atoms with Crippen molar-refractivity contribution in [2.75, 3.05) is 26.2 Å². The van der Waals surface area contributed by atoms with Crippen LogP contribution in [-0.4, -0.2) is 48.5 Å². The number of hydrogen-bond acceptors (Lipinski definition) is 3. The third-order valence-electron chi connectivity index (χ3n) is 3.89. The minimum absolute atomic E-state index is 0.345. The van der Waals surface area contributed by atoms with E-state index < -0.39 is 18.2 Å². The fourth-order valence-electron chi connectivity index (χ4n) is 2.61. The Bertz CT molecular complexity index is 476. The van der Waals surface area contributed by atoms with E-state index in [0.717, 1.165) is 0 Å². The number of halogens is 4. The average Bonchev–Trinajstić information content (AvgIpc) is 2.46. The molecule has 2 rings (SSSR count). The molecule has 0 amide bonds. The minimum Gasteiger partial charge on any atom is -0.492 e. The van der Waals surface area contributed by atoms with Gasteiger partial charge in [-0.25, -0.2) is 0 Å². The molecule has 1 saturated heterocycles. The number of aliphatic hydroxyl groups excluding tert-OH is 1. The summed E-state index contributed by atoms with van der Waals surface area (Å²) in [6, 6.07) is 7.07. The Labute approximate surface area is 132 Å². The largest absolute Gasteiger partial charge is 0.492 e. The van der Waals surface area contributed by atoms with Crippen molar-refractivity contribution in [3.05, 3.63) is 29.3 Å². The van der Waals surface area contributed by atoms with Crippen LogP contribution in [0.5, 0.6) is 5.75 Å². The van der Waals surface area contributed by atoms with Gasteiger partial charge in [0.2, 0.25) is 0 Å². The van der Waals surface area contributed by atoms with Crippen molar-refractivity contribution in [2.24, 2.45) is 5.92 Å². The van der Waals surface area contributed by atoms with Gasteiger partial charge < -0.3 is 9.84 Å². The lowest BCUT2D eigenvalue weighted by Crippen LogP contribution is -2.44. The Kier molecular flexibility index (Phi) is 5.94. The molecule has 1 aliphatic rings. The van der Waals surface area contributed by atoms with Gasteiger partial charge in [-0.2, -0.15) is 13.2 Å². The molecular weight excluding hydrogens is 319 g/mol. The van der Waals surface area contributed by atoms with Gasteiger partial charge in [-0.05, 0) is 50.0 Å².